The van der Waals surface area contributed by atoms with E-state index < -0.39 is 5.97 Å². The second-order valence-electron chi connectivity index (χ2n) is 1.83. The maximum atomic E-state index is 11.0. The van der Waals surface area contributed by atoms with Crippen molar-refractivity contribution in [3.05, 3.63) is 24.4 Å². The van der Waals surface area contributed by atoms with Gasteiger partial charge in [0, 0.05) is 6.20 Å². The van der Waals surface area contributed by atoms with Crippen molar-refractivity contribution in [3.8, 4) is 0 Å². The van der Waals surface area contributed by atoms with Crippen LogP contribution in [0.2, 0.25) is 0 Å². The molecule has 0 saturated heterocycles. The number of nitrogens with zero attached hydrogens (tertiary/aromatic N) is 1. The normalized spacial score (nSPS) is 10.6. The summed E-state index contributed by atoms with van der Waals surface area (Å²) in [6.45, 7) is 6.35. The third-order valence-corrected chi connectivity index (χ3v) is 1.01. The van der Waals surface area contributed by atoms with E-state index in [0.717, 1.165) is 0 Å². The van der Waals surface area contributed by atoms with E-state index in [-0.39, 0.29) is 18.8 Å². The average molecular weight is 169 g/mol. The molecule has 0 aromatic carbocycles. The highest BCUT2D eigenvalue weighted by molar-refractivity contribution is 5.91. The van der Waals surface area contributed by atoms with Crippen LogP contribution in [0.25, 0.3) is 0 Å². The van der Waals surface area contributed by atoms with Crippen molar-refractivity contribution in [1.82, 2.24) is 0 Å². The minimum Gasteiger partial charge on any atom is -0.460 e. The molecule has 0 fully saturated rings. The number of hydrogen-bond acceptors (Lipinski definition) is 4. The first kappa shape index (κ1) is 10.6. The third kappa shape index (κ3) is 3.68. The van der Waals surface area contributed by atoms with E-state index in [1.807, 2.05) is 0 Å². The van der Waals surface area contributed by atoms with E-state index in [1.54, 1.807) is 0 Å². The Morgan fingerprint density at radius 1 is 1.67 bits per heavy atom. The van der Waals surface area contributed by atoms with Crippen LogP contribution in [-0.4, -0.2) is 31.0 Å². The summed E-state index contributed by atoms with van der Waals surface area (Å²) < 4.78 is 4.58. The zero-order chi connectivity index (χ0) is 9.40. The van der Waals surface area contributed by atoms with Crippen molar-refractivity contribution < 1.29 is 14.6 Å². The van der Waals surface area contributed by atoms with Crippen LogP contribution in [0.4, 0.5) is 0 Å². The van der Waals surface area contributed by atoms with Crippen molar-refractivity contribution >= 4 is 12.7 Å². The summed E-state index contributed by atoms with van der Waals surface area (Å²) in [5.74, 6) is -0.563. The lowest BCUT2D eigenvalue weighted by molar-refractivity contribution is -0.139. The number of esters is 1. The van der Waals surface area contributed by atoms with Crippen molar-refractivity contribution in [2.45, 2.75) is 0 Å². The Bertz CT molecular complexity index is 208. The van der Waals surface area contributed by atoms with Gasteiger partial charge >= 0.3 is 5.97 Å². The predicted molar refractivity (Wildman–Crippen MR) is 45.9 cm³/mol. The standard InChI is InChI=1S/C8H11NO3/c1-3-7(6-9-2)8(11)12-5-4-10/h3,6,10H,1-2,4-5H2/b7-6+. The van der Waals surface area contributed by atoms with Gasteiger partial charge in [0.15, 0.2) is 0 Å². The SMILES string of the molecule is C=C/C(=C\N=C)C(=O)OCCO. The second-order valence-corrected chi connectivity index (χ2v) is 1.83. The molecule has 4 nitrogen and oxygen atoms in total. The van der Waals surface area contributed by atoms with Gasteiger partial charge in [-0.25, -0.2) is 4.79 Å². The topological polar surface area (TPSA) is 58.9 Å². The summed E-state index contributed by atoms with van der Waals surface area (Å²) in [5.41, 5.74) is 0.221. The van der Waals surface area contributed by atoms with E-state index in [2.05, 4.69) is 23.0 Å². The maximum absolute atomic E-state index is 11.0. The number of rotatable bonds is 5. The molecule has 0 amide bonds. The van der Waals surface area contributed by atoms with E-state index in [4.69, 9.17) is 5.11 Å². The molecule has 0 aliphatic carbocycles. The zero-order valence-electron chi connectivity index (χ0n) is 6.69. The van der Waals surface area contributed by atoms with Gasteiger partial charge in [0.05, 0.1) is 12.2 Å². The van der Waals surface area contributed by atoms with Gasteiger partial charge in [0.25, 0.3) is 0 Å². The quantitative estimate of drug-likeness (QED) is 0.278. The fourth-order valence-electron chi connectivity index (χ4n) is 0.509. The highest BCUT2D eigenvalue weighted by Gasteiger charge is 2.05. The maximum Gasteiger partial charge on any atom is 0.339 e. The van der Waals surface area contributed by atoms with Gasteiger partial charge in [-0.15, -0.1) is 0 Å². The lowest BCUT2D eigenvalue weighted by atomic mass is 10.3. The Hall–Kier alpha value is -1.42. The van der Waals surface area contributed by atoms with E-state index in [1.165, 1.54) is 12.3 Å². The summed E-state index contributed by atoms with van der Waals surface area (Å²) in [7, 11) is 0. The predicted octanol–water partition coefficient (Wildman–Crippen LogP) is 0.292. The van der Waals surface area contributed by atoms with Gasteiger partial charge < -0.3 is 9.84 Å². The number of aliphatic imine (C=N–C) groups is 1. The molecular weight excluding hydrogens is 158 g/mol. The molecule has 0 aliphatic rings. The van der Waals surface area contributed by atoms with Crippen LogP contribution in [0.3, 0.4) is 0 Å². The first-order chi connectivity index (χ1) is 5.76. The molecule has 0 heterocycles. The molecule has 0 spiro atoms. The monoisotopic (exact) mass is 169 g/mol. The molecule has 12 heavy (non-hydrogen) atoms. The van der Waals surface area contributed by atoms with Crippen LogP contribution in [0.15, 0.2) is 29.4 Å². The second kappa shape index (κ2) is 6.30. The molecule has 0 aliphatic heterocycles. The fraction of sp³-hybridized carbons (Fsp3) is 0.250. The minimum absolute atomic E-state index is 0.0266. The van der Waals surface area contributed by atoms with Crippen molar-refractivity contribution in [3.63, 3.8) is 0 Å². The minimum atomic E-state index is -0.563. The van der Waals surface area contributed by atoms with Gasteiger partial charge in [-0.1, -0.05) is 12.7 Å². The summed E-state index contributed by atoms with van der Waals surface area (Å²) in [5, 5.41) is 8.34. The van der Waals surface area contributed by atoms with Crippen LogP contribution in [0.1, 0.15) is 0 Å². The summed E-state index contributed by atoms with van der Waals surface area (Å²) >= 11 is 0. The number of aliphatic hydroxyl groups excluding tert-OH is 1. The number of hydrogen-bond donors (Lipinski definition) is 1. The zero-order valence-corrected chi connectivity index (χ0v) is 6.69. The molecule has 1 N–H and O–H groups in total. The number of aliphatic hydroxyl groups is 1. The third-order valence-electron chi connectivity index (χ3n) is 1.01. The Morgan fingerprint density at radius 2 is 2.33 bits per heavy atom. The van der Waals surface area contributed by atoms with Crippen molar-refractivity contribution in [2.75, 3.05) is 13.2 Å². The average Bonchev–Trinajstić information content (AvgIpc) is 2.10. The first-order valence-electron chi connectivity index (χ1n) is 3.32. The molecule has 0 bridgehead atoms. The smallest absolute Gasteiger partial charge is 0.339 e. The molecule has 0 aromatic rings. The summed E-state index contributed by atoms with van der Waals surface area (Å²) in [6, 6.07) is 0. The molecule has 0 unspecified atom stereocenters. The largest absolute Gasteiger partial charge is 0.460 e. The molecule has 0 aromatic heterocycles. The Labute approximate surface area is 70.9 Å². The first-order valence-corrected chi connectivity index (χ1v) is 3.32. The van der Waals surface area contributed by atoms with Crippen LogP contribution in [0.5, 0.6) is 0 Å². The van der Waals surface area contributed by atoms with Gasteiger partial charge in [0.1, 0.15) is 6.61 Å². The van der Waals surface area contributed by atoms with Crippen molar-refractivity contribution in [1.29, 1.82) is 0 Å². The fourth-order valence-corrected chi connectivity index (χ4v) is 0.509. The highest BCUT2D eigenvalue weighted by Crippen LogP contribution is 1.98. The lowest BCUT2D eigenvalue weighted by Gasteiger charge is -2.01. The molecule has 0 saturated carbocycles. The van der Waals surface area contributed by atoms with E-state index in [0.29, 0.717) is 0 Å². The number of carbonyl (C=O) groups excluding carboxylic acids is 1. The molecule has 66 valence electrons. The molecular formula is C8H11NO3. The number of ether oxygens (including phenoxy) is 1. The molecule has 0 atom stereocenters. The summed E-state index contributed by atoms with van der Waals surface area (Å²) in [6.07, 6.45) is 2.56. The van der Waals surface area contributed by atoms with Gasteiger partial charge in [-0.05, 0) is 6.72 Å². The van der Waals surface area contributed by atoms with Gasteiger partial charge in [-0.2, -0.15) is 0 Å². The van der Waals surface area contributed by atoms with E-state index >= 15 is 0 Å². The van der Waals surface area contributed by atoms with Crippen LogP contribution in [-0.2, 0) is 9.53 Å². The highest BCUT2D eigenvalue weighted by atomic mass is 16.5. The van der Waals surface area contributed by atoms with Crippen LogP contribution < -0.4 is 0 Å². The van der Waals surface area contributed by atoms with Gasteiger partial charge in [0.2, 0.25) is 0 Å². The van der Waals surface area contributed by atoms with Crippen LogP contribution in [0, 0.1) is 0 Å². The Morgan fingerprint density at radius 3 is 2.75 bits per heavy atom. The Balaban J connectivity index is 4.12. The van der Waals surface area contributed by atoms with Gasteiger partial charge in [-0.3, -0.25) is 4.99 Å². The van der Waals surface area contributed by atoms with E-state index in [9.17, 15) is 4.79 Å². The number of carbonyl (C=O) groups is 1. The molecule has 0 rings (SSSR count). The Kier molecular flexibility index (Phi) is 5.55. The molecule has 4 heteroatoms. The molecule has 0 radical (unpaired) electrons. The van der Waals surface area contributed by atoms with Crippen LogP contribution >= 0.6 is 0 Å². The van der Waals surface area contributed by atoms with Crippen molar-refractivity contribution in [2.24, 2.45) is 4.99 Å². The summed E-state index contributed by atoms with van der Waals surface area (Å²) in [4.78, 5) is 14.4. The lowest BCUT2D eigenvalue weighted by Crippen LogP contribution is -2.09.